The van der Waals surface area contributed by atoms with E-state index in [1.54, 1.807) is 6.20 Å². The molecule has 0 radical (unpaired) electrons. The summed E-state index contributed by atoms with van der Waals surface area (Å²) >= 11 is 6.14. The zero-order chi connectivity index (χ0) is 13.8. The van der Waals surface area contributed by atoms with Crippen molar-refractivity contribution in [3.63, 3.8) is 0 Å². The predicted molar refractivity (Wildman–Crippen MR) is 77.6 cm³/mol. The molecule has 2 rings (SSSR count). The van der Waals surface area contributed by atoms with E-state index in [0.717, 1.165) is 25.7 Å². The van der Waals surface area contributed by atoms with Crippen LogP contribution >= 0.6 is 11.6 Å². The van der Waals surface area contributed by atoms with Gasteiger partial charge >= 0.3 is 0 Å². The predicted octanol–water partition coefficient (Wildman–Crippen LogP) is 1.85. The van der Waals surface area contributed by atoms with Gasteiger partial charge in [0.1, 0.15) is 5.02 Å². The fraction of sp³-hybridized carbons (Fsp3) is 0.692. The average Bonchev–Trinajstić information content (AvgIpc) is 2.86. The summed E-state index contributed by atoms with van der Waals surface area (Å²) in [6, 6.07) is 0.297. The van der Waals surface area contributed by atoms with Crippen LogP contribution in [0.25, 0.3) is 0 Å². The molecule has 2 unspecified atom stereocenters. The zero-order valence-electron chi connectivity index (χ0n) is 11.2. The third kappa shape index (κ3) is 3.09. The van der Waals surface area contributed by atoms with Crippen LogP contribution in [-0.2, 0) is 6.54 Å². The monoisotopic (exact) mass is 284 g/mol. The molecular formula is C13H21ClN4O. The van der Waals surface area contributed by atoms with Gasteiger partial charge in [0, 0.05) is 12.6 Å². The Bertz CT molecular complexity index is 488. The number of hydrogen-bond acceptors (Lipinski definition) is 4. The molecule has 0 amide bonds. The van der Waals surface area contributed by atoms with E-state index in [0.29, 0.717) is 30.7 Å². The fourth-order valence-corrected chi connectivity index (χ4v) is 2.85. The van der Waals surface area contributed by atoms with Crippen molar-refractivity contribution >= 4 is 17.3 Å². The Kier molecular flexibility index (Phi) is 4.82. The van der Waals surface area contributed by atoms with E-state index in [1.807, 2.05) is 6.92 Å². The summed E-state index contributed by atoms with van der Waals surface area (Å²) in [6.07, 6.45) is 5.86. The summed E-state index contributed by atoms with van der Waals surface area (Å²) in [5.74, 6) is 0.453. The van der Waals surface area contributed by atoms with Crippen LogP contribution < -0.4 is 16.6 Å². The molecule has 106 valence electrons. The van der Waals surface area contributed by atoms with Crippen molar-refractivity contribution in [3.05, 3.63) is 21.6 Å². The lowest BCUT2D eigenvalue weighted by Crippen LogP contribution is -2.31. The molecule has 1 aromatic heterocycles. The van der Waals surface area contributed by atoms with Crippen LogP contribution in [0.1, 0.15) is 32.6 Å². The van der Waals surface area contributed by atoms with Crippen LogP contribution in [0.3, 0.4) is 0 Å². The average molecular weight is 285 g/mol. The number of anilines is 1. The van der Waals surface area contributed by atoms with Crippen LogP contribution in [0, 0.1) is 5.92 Å². The number of nitrogens with two attached hydrogens (primary N) is 1. The molecule has 0 spiro atoms. The van der Waals surface area contributed by atoms with Crippen molar-refractivity contribution < 1.29 is 0 Å². The topological polar surface area (TPSA) is 72.9 Å². The molecular weight excluding hydrogens is 264 g/mol. The molecule has 1 aliphatic carbocycles. The van der Waals surface area contributed by atoms with Gasteiger partial charge in [0.2, 0.25) is 0 Å². The number of nitrogens with zero attached hydrogens (tertiary/aromatic N) is 2. The smallest absolute Gasteiger partial charge is 0.287 e. The molecule has 2 atom stereocenters. The molecule has 1 heterocycles. The van der Waals surface area contributed by atoms with Gasteiger partial charge in [-0.3, -0.25) is 4.79 Å². The van der Waals surface area contributed by atoms with E-state index >= 15 is 0 Å². The van der Waals surface area contributed by atoms with Crippen LogP contribution in [0.4, 0.5) is 5.69 Å². The second kappa shape index (κ2) is 6.39. The van der Waals surface area contributed by atoms with Gasteiger partial charge in [-0.25, -0.2) is 4.68 Å². The lowest BCUT2D eigenvalue weighted by molar-refractivity contribution is 0.515. The SMILES string of the molecule is CCCn1ncc(NC2CCCC2CN)c(Cl)c1=O. The number of hydrogen-bond donors (Lipinski definition) is 2. The molecule has 1 fully saturated rings. The molecule has 0 bridgehead atoms. The lowest BCUT2D eigenvalue weighted by atomic mass is 10.0. The number of halogens is 1. The van der Waals surface area contributed by atoms with Crippen molar-refractivity contribution in [1.82, 2.24) is 9.78 Å². The van der Waals surface area contributed by atoms with Gasteiger partial charge in [-0.1, -0.05) is 24.9 Å². The molecule has 19 heavy (non-hydrogen) atoms. The highest BCUT2D eigenvalue weighted by Crippen LogP contribution is 2.29. The Morgan fingerprint density at radius 2 is 2.37 bits per heavy atom. The molecule has 6 heteroatoms. The Balaban J connectivity index is 2.17. The van der Waals surface area contributed by atoms with E-state index in [2.05, 4.69) is 10.4 Å². The van der Waals surface area contributed by atoms with Crippen LogP contribution in [-0.4, -0.2) is 22.4 Å². The molecule has 1 saturated carbocycles. The summed E-state index contributed by atoms with van der Waals surface area (Å²) in [5, 5.41) is 7.71. The zero-order valence-corrected chi connectivity index (χ0v) is 12.0. The van der Waals surface area contributed by atoms with Gasteiger partial charge in [0.25, 0.3) is 5.56 Å². The van der Waals surface area contributed by atoms with E-state index in [1.165, 1.54) is 4.68 Å². The Labute approximate surface area is 118 Å². The lowest BCUT2D eigenvalue weighted by Gasteiger charge is -2.21. The first-order chi connectivity index (χ1) is 9.17. The van der Waals surface area contributed by atoms with Crippen molar-refractivity contribution in [1.29, 1.82) is 0 Å². The molecule has 0 aromatic carbocycles. The highest BCUT2D eigenvalue weighted by molar-refractivity contribution is 6.32. The minimum Gasteiger partial charge on any atom is -0.379 e. The van der Waals surface area contributed by atoms with Crippen molar-refractivity contribution in [2.75, 3.05) is 11.9 Å². The first-order valence-electron chi connectivity index (χ1n) is 6.89. The molecule has 1 aliphatic rings. The van der Waals surface area contributed by atoms with Crippen molar-refractivity contribution in [2.24, 2.45) is 11.7 Å². The second-order valence-electron chi connectivity index (χ2n) is 5.08. The molecule has 3 N–H and O–H groups in total. The Morgan fingerprint density at radius 1 is 1.58 bits per heavy atom. The third-order valence-corrected chi connectivity index (χ3v) is 4.09. The van der Waals surface area contributed by atoms with Gasteiger partial charge < -0.3 is 11.1 Å². The molecule has 0 aliphatic heterocycles. The van der Waals surface area contributed by atoms with Gasteiger partial charge in [0.05, 0.1) is 11.9 Å². The van der Waals surface area contributed by atoms with Gasteiger partial charge in [-0.05, 0) is 31.7 Å². The molecule has 0 saturated heterocycles. The van der Waals surface area contributed by atoms with Crippen LogP contribution in [0.2, 0.25) is 5.02 Å². The van der Waals surface area contributed by atoms with Gasteiger partial charge in [-0.2, -0.15) is 5.10 Å². The minimum atomic E-state index is -0.226. The third-order valence-electron chi connectivity index (χ3n) is 3.72. The fourth-order valence-electron chi connectivity index (χ4n) is 2.65. The summed E-state index contributed by atoms with van der Waals surface area (Å²) in [5.41, 5.74) is 6.16. The van der Waals surface area contributed by atoms with Gasteiger partial charge in [0.15, 0.2) is 0 Å². The first-order valence-corrected chi connectivity index (χ1v) is 7.27. The minimum absolute atomic E-state index is 0.226. The number of rotatable bonds is 5. The molecule has 5 nitrogen and oxygen atoms in total. The van der Waals surface area contributed by atoms with Gasteiger partial charge in [-0.15, -0.1) is 0 Å². The van der Waals surface area contributed by atoms with Crippen molar-refractivity contribution in [2.45, 2.75) is 45.2 Å². The van der Waals surface area contributed by atoms with Crippen LogP contribution in [0.5, 0.6) is 0 Å². The summed E-state index contributed by atoms with van der Waals surface area (Å²) < 4.78 is 1.41. The van der Waals surface area contributed by atoms with E-state index in [9.17, 15) is 4.79 Å². The largest absolute Gasteiger partial charge is 0.379 e. The summed E-state index contributed by atoms with van der Waals surface area (Å²) in [4.78, 5) is 12.0. The highest BCUT2D eigenvalue weighted by Gasteiger charge is 2.26. The van der Waals surface area contributed by atoms with E-state index in [4.69, 9.17) is 17.3 Å². The Hall–Kier alpha value is -1.07. The first kappa shape index (κ1) is 14.3. The maximum Gasteiger partial charge on any atom is 0.287 e. The maximum atomic E-state index is 12.0. The van der Waals surface area contributed by atoms with E-state index in [-0.39, 0.29) is 10.6 Å². The summed E-state index contributed by atoms with van der Waals surface area (Å²) in [6.45, 7) is 3.25. The van der Waals surface area contributed by atoms with Crippen LogP contribution in [0.15, 0.2) is 11.0 Å². The highest BCUT2D eigenvalue weighted by atomic mass is 35.5. The summed E-state index contributed by atoms with van der Waals surface area (Å²) in [7, 11) is 0. The number of aryl methyl sites for hydroxylation is 1. The Morgan fingerprint density at radius 3 is 3.05 bits per heavy atom. The normalized spacial score (nSPS) is 22.7. The number of nitrogens with one attached hydrogen (secondary N) is 1. The standard InChI is InChI=1S/C13H21ClN4O/c1-2-6-18-13(19)12(14)11(8-16-18)17-10-5-3-4-9(10)7-15/h8-10,17H,2-7,15H2,1H3. The van der Waals surface area contributed by atoms with E-state index < -0.39 is 0 Å². The molecule has 1 aromatic rings. The number of aromatic nitrogens is 2. The quantitative estimate of drug-likeness (QED) is 0.865. The maximum absolute atomic E-state index is 12.0. The van der Waals surface area contributed by atoms with Crippen molar-refractivity contribution in [3.8, 4) is 0 Å². The second-order valence-corrected chi connectivity index (χ2v) is 5.46.